The first-order chi connectivity index (χ1) is 13.5. The van der Waals surface area contributed by atoms with Gasteiger partial charge in [-0.2, -0.15) is 0 Å². The van der Waals surface area contributed by atoms with Gasteiger partial charge in [-0.3, -0.25) is 4.72 Å². The van der Waals surface area contributed by atoms with Crippen molar-refractivity contribution in [2.45, 2.75) is 89.4 Å². The van der Waals surface area contributed by atoms with Gasteiger partial charge in [-0.1, -0.05) is 88.1 Å². The van der Waals surface area contributed by atoms with Crippen molar-refractivity contribution < 1.29 is 12.9 Å². The van der Waals surface area contributed by atoms with Crippen LogP contribution >= 0.6 is 0 Å². The number of hydrogen-bond donors (Lipinski definition) is 1. The van der Waals surface area contributed by atoms with E-state index < -0.39 is 10.0 Å². The van der Waals surface area contributed by atoms with Crippen molar-refractivity contribution in [2.24, 2.45) is 0 Å². The van der Waals surface area contributed by atoms with E-state index in [-0.39, 0.29) is 5.82 Å². The van der Waals surface area contributed by atoms with Gasteiger partial charge < -0.3 is 4.52 Å². The number of rotatable bonds is 14. The fourth-order valence-electron chi connectivity index (χ4n) is 3.38. The zero-order valence-corrected chi connectivity index (χ0v) is 18.1. The molecule has 1 aromatic carbocycles. The lowest BCUT2D eigenvalue weighted by Gasteiger charge is -2.11. The lowest BCUT2D eigenvalue weighted by molar-refractivity contribution is 0.400. The highest BCUT2D eigenvalue weighted by atomic mass is 32.2. The van der Waals surface area contributed by atoms with Crippen molar-refractivity contribution in [3.63, 3.8) is 0 Å². The number of benzene rings is 1. The van der Waals surface area contributed by atoms with E-state index in [9.17, 15) is 8.42 Å². The third-order valence-corrected chi connectivity index (χ3v) is 6.38. The number of unbranched alkanes of at least 4 members (excludes halogenated alkanes) is 9. The van der Waals surface area contributed by atoms with E-state index >= 15 is 0 Å². The van der Waals surface area contributed by atoms with Crippen LogP contribution in [0, 0.1) is 6.92 Å². The van der Waals surface area contributed by atoms with Crippen molar-refractivity contribution >= 4 is 15.8 Å². The van der Waals surface area contributed by atoms with Crippen LogP contribution in [0.25, 0.3) is 0 Å². The summed E-state index contributed by atoms with van der Waals surface area (Å²) in [6.07, 6.45) is 13.4. The second-order valence-electron chi connectivity index (χ2n) is 7.47. The van der Waals surface area contributed by atoms with Gasteiger partial charge in [0.2, 0.25) is 0 Å². The number of sulfonamides is 1. The van der Waals surface area contributed by atoms with E-state index in [1.165, 1.54) is 51.4 Å². The summed E-state index contributed by atoms with van der Waals surface area (Å²) < 4.78 is 32.9. The van der Waals surface area contributed by atoms with Gasteiger partial charge in [-0.05, 0) is 31.4 Å². The molecular weight excluding hydrogens is 372 g/mol. The monoisotopic (exact) mass is 406 g/mol. The molecule has 0 aliphatic heterocycles. The fourth-order valence-corrected chi connectivity index (χ4v) is 4.64. The third kappa shape index (κ3) is 7.66. The zero-order chi connectivity index (χ0) is 20.2. The molecule has 0 fully saturated rings. The molecule has 0 aliphatic rings. The Morgan fingerprint density at radius 1 is 0.929 bits per heavy atom. The maximum Gasteiger partial charge on any atom is 0.263 e. The minimum absolute atomic E-state index is 0.214. The van der Waals surface area contributed by atoms with E-state index in [1.54, 1.807) is 25.1 Å². The maximum atomic E-state index is 12.7. The fraction of sp³-hybridized carbons (Fsp3) is 0.591. The number of nitrogens with one attached hydrogen (secondary N) is 1. The highest BCUT2D eigenvalue weighted by Crippen LogP contribution is 2.22. The Kier molecular flexibility index (Phi) is 9.55. The second kappa shape index (κ2) is 11.9. The number of hydrogen-bond acceptors (Lipinski definition) is 4. The Morgan fingerprint density at radius 2 is 1.54 bits per heavy atom. The molecule has 0 radical (unpaired) electrons. The Hall–Kier alpha value is -1.82. The van der Waals surface area contributed by atoms with Gasteiger partial charge in [0.05, 0.1) is 4.90 Å². The highest BCUT2D eigenvalue weighted by Gasteiger charge is 2.19. The average molecular weight is 407 g/mol. The van der Waals surface area contributed by atoms with Crippen molar-refractivity contribution in [1.29, 1.82) is 0 Å². The third-order valence-electron chi connectivity index (χ3n) is 4.93. The van der Waals surface area contributed by atoms with E-state index in [2.05, 4.69) is 16.8 Å². The molecule has 0 atom stereocenters. The predicted molar refractivity (Wildman–Crippen MR) is 114 cm³/mol. The molecule has 0 saturated heterocycles. The van der Waals surface area contributed by atoms with Crippen molar-refractivity contribution in [3.05, 3.63) is 41.7 Å². The molecule has 6 heteroatoms. The van der Waals surface area contributed by atoms with Crippen molar-refractivity contribution in [2.75, 3.05) is 4.72 Å². The van der Waals surface area contributed by atoms with Gasteiger partial charge in [0, 0.05) is 6.07 Å². The van der Waals surface area contributed by atoms with Crippen LogP contribution in [0.5, 0.6) is 0 Å². The number of aromatic nitrogens is 1. The lowest BCUT2D eigenvalue weighted by Crippen LogP contribution is -2.15. The van der Waals surface area contributed by atoms with Gasteiger partial charge >= 0.3 is 0 Å². The molecular formula is C22H34N2O3S. The Balaban J connectivity index is 1.77. The summed E-state index contributed by atoms with van der Waals surface area (Å²) in [5.41, 5.74) is 0.856. The molecule has 1 heterocycles. The lowest BCUT2D eigenvalue weighted by atomic mass is 10.0. The second-order valence-corrected chi connectivity index (χ2v) is 9.12. The van der Waals surface area contributed by atoms with E-state index in [1.807, 2.05) is 12.1 Å². The quantitative estimate of drug-likeness (QED) is 0.376. The molecule has 1 aromatic heterocycles. The summed E-state index contributed by atoms with van der Waals surface area (Å²) in [4.78, 5) is 0.326. The number of nitrogens with zero attached hydrogens (tertiary/aromatic N) is 1. The summed E-state index contributed by atoms with van der Waals surface area (Å²) in [5.74, 6) is 0.780. The van der Waals surface area contributed by atoms with Crippen molar-refractivity contribution in [1.82, 2.24) is 5.16 Å². The van der Waals surface area contributed by atoms with Crippen LogP contribution in [-0.2, 0) is 16.4 Å². The summed E-state index contributed by atoms with van der Waals surface area (Å²) in [5, 5.41) is 3.72. The zero-order valence-electron chi connectivity index (χ0n) is 17.2. The first-order valence-corrected chi connectivity index (χ1v) is 12.1. The van der Waals surface area contributed by atoms with E-state index in [0.717, 1.165) is 24.8 Å². The molecule has 0 unspecified atom stereocenters. The molecule has 2 rings (SSSR count). The van der Waals surface area contributed by atoms with Gasteiger partial charge in [-0.15, -0.1) is 0 Å². The number of anilines is 1. The summed E-state index contributed by atoms with van der Waals surface area (Å²) in [6.45, 7) is 3.97. The molecule has 156 valence electrons. The van der Waals surface area contributed by atoms with Crippen LogP contribution in [0.2, 0.25) is 0 Å². The van der Waals surface area contributed by atoms with E-state index in [4.69, 9.17) is 4.52 Å². The highest BCUT2D eigenvalue weighted by molar-refractivity contribution is 7.92. The molecule has 5 nitrogen and oxygen atoms in total. The first-order valence-electron chi connectivity index (χ1n) is 10.6. The molecule has 0 amide bonds. The van der Waals surface area contributed by atoms with Crippen LogP contribution in [0.4, 0.5) is 5.82 Å². The Bertz CT molecular complexity index is 800. The predicted octanol–water partition coefficient (Wildman–Crippen LogP) is 6.25. The smallest absolute Gasteiger partial charge is 0.263 e. The average Bonchev–Trinajstić information content (AvgIpc) is 3.07. The summed E-state index contributed by atoms with van der Waals surface area (Å²) >= 11 is 0. The molecule has 0 saturated carbocycles. The van der Waals surface area contributed by atoms with Crippen LogP contribution < -0.4 is 4.72 Å². The molecule has 0 aliphatic carbocycles. The van der Waals surface area contributed by atoms with Crippen LogP contribution in [0.15, 0.2) is 39.8 Å². The van der Waals surface area contributed by atoms with E-state index in [0.29, 0.717) is 10.7 Å². The molecule has 0 bridgehead atoms. The largest absolute Gasteiger partial charge is 0.360 e. The van der Waals surface area contributed by atoms with Crippen LogP contribution in [0.1, 0.15) is 82.5 Å². The standard InChI is InChI=1S/C22H34N2O3S/c1-3-4-5-6-7-8-9-10-11-12-15-20-16-13-14-17-21(20)28(25,26)24-22-18-19(2)27-23-22/h13-14,16-18H,3-12,15H2,1-2H3,(H,23,24). The Labute approximate surface area is 170 Å². The SMILES string of the molecule is CCCCCCCCCCCCc1ccccc1S(=O)(=O)Nc1cc(C)on1. The van der Waals surface area contributed by atoms with Crippen LogP contribution in [-0.4, -0.2) is 13.6 Å². The van der Waals surface area contributed by atoms with Gasteiger partial charge in [0.25, 0.3) is 10.0 Å². The number of aryl methyl sites for hydroxylation is 2. The summed E-state index contributed by atoms with van der Waals surface area (Å²) in [6, 6.07) is 8.77. The molecule has 28 heavy (non-hydrogen) atoms. The van der Waals surface area contributed by atoms with Gasteiger partial charge in [0.1, 0.15) is 5.76 Å². The van der Waals surface area contributed by atoms with Crippen LogP contribution in [0.3, 0.4) is 0 Å². The Morgan fingerprint density at radius 3 is 2.14 bits per heavy atom. The molecule has 0 spiro atoms. The first kappa shape index (κ1) is 22.5. The summed E-state index contributed by atoms with van der Waals surface area (Å²) in [7, 11) is -3.67. The maximum absolute atomic E-state index is 12.7. The van der Waals surface area contributed by atoms with Gasteiger partial charge in [-0.25, -0.2) is 8.42 Å². The normalized spacial score (nSPS) is 11.6. The topological polar surface area (TPSA) is 72.2 Å². The molecule has 1 N–H and O–H groups in total. The molecule has 2 aromatic rings. The van der Waals surface area contributed by atoms with Crippen molar-refractivity contribution in [3.8, 4) is 0 Å². The van der Waals surface area contributed by atoms with Gasteiger partial charge in [0.15, 0.2) is 5.82 Å². The minimum atomic E-state index is -3.67. The minimum Gasteiger partial charge on any atom is -0.360 e.